The number of pyridine rings is 1. The second-order valence-electron chi connectivity index (χ2n) is 3.14. The van der Waals surface area contributed by atoms with Crippen LogP contribution in [0.5, 0.6) is 0 Å². The third kappa shape index (κ3) is 2.59. The van der Waals surface area contributed by atoms with E-state index in [1.807, 2.05) is 0 Å². The lowest BCUT2D eigenvalue weighted by atomic mass is 10.3. The lowest BCUT2D eigenvalue weighted by Gasteiger charge is -2.13. The number of esters is 1. The van der Waals surface area contributed by atoms with Crippen LogP contribution in [0.4, 0.5) is 5.69 Å². The number of rotatable bonds is 3. The molecule has 1 unspecified atom stereocenters. The minimum atomic E-state index is -0.652. The van der Waals surface area contributed by atoms with Crippen molar-refractivity contribution in [2.24, 2.45) is 0 Å². The van der Waals surface area contributed by atoms with E-state index in [-0.39, 0.29) is 5.56 Å². The van der Waals surface area contributed by atoms with Gasteiger partial charge >= 0.3 is 5.97 Å². The first kappa shape index (κ1) is 11.3. The molecule has 0 aromatic carbocycles. The second-order valence-corrected chi connectivity index (χ2v) is 3.14. The molecule has 0 saturated carbocycles. The first-order valence-corrected chi connectivity index (χ1v) is 4.70. The highest BCUT2D eigenvalue weighted by Gasteiger charge is 2.16. The number of aromatic nitrogens is 1. The van der Waals surface area contributed by atoms with Gasteiger partial charge in [-0.15, -0.1) is 0 Å². The van der Waals surface area contributed by atoms with Gasteiger partial charge in [0.25, 0.3) is 5.56 Å². The minimum Gasteiger partial charge on any atom is -0.464 e. The van der Waals surface area contributed by atoms with Crippen LogP contribution in [0.15, 0.2) is 23.1 Å². The summed E-state index contributed by atoms with van der Waals surface area (Å²) >= 11 is 0. The van der Waals surface area contributed by atoms with Gasteiger partial charge in [-0.05, 0) is 19.9 Å². The number of nitrogen functional groups attached to an aromatic ring is 1. The number of carbonyl (C=O) groups excluding carboxylic acids is 1. The van der Waals surface area contributed by atoms with Crippen LogP contribution in [0.3, 0.4) is 0 Å². The van der Waals surface area contributed by atoms with Gasteiger partial charge in [0.05, 0.1) is 6.61 Å². The highest BCUT2D eigenvalue weighted by molar-refractivity contribution is 5.73. The Bertz CT molecular complexity index is 411. The molecule has 0 aliphatic heterocycles. The first-order chi connectivity index (χ1) is 7.06. The molecule has 0 radical (unpaired) electrons. The second kappa shape index (κ2) is 4.63. The molecular formula is C10H14N2O3. The first-order valence-electron chi connectivity index (χ1n) is 4.70. The maximum atomic E-state index is 11.4. The molecule has 5 nitrogen and oxygen atoms in total. The Morgan fingerprint density at radius 3 is 2.87 bits per heavy atom. The van der Waals surface area contributed by atoms with Crippen molar-refractivity contribution >= 4 is 11.7 Å². The van der Waals surface area contributed by atoms with Crippen LogP contribution < -0.4 is 11.3 Å². The average Bonchev–Trinajstić information content (AvgIpc) is 2.21. The van der Waals surface area contributed by atoms with Gasteiger partial charge < -0.3 is 10.5 Å². The van der Waals surface area contributed by atoms with Gasteiger partial charge in [-0.3, -0.25) is 9.36 Å². The molecule has 0 aliphatic rings. The number of anilines is 1. The van der Waals surface area contributed by atoms with Crippen LogP contribution in [0.25, 0.3) is 0 Å². The molecule has 15 heavy (non-hydrogen) atoms. The van der Waals surface area contributed by atoms with E-state index in [4.69, 9.17) is 10.5 Å². The summed E-state index contributed by atoms with van der Waals surface area (Å²) in [6, 6.07) is 2.17. The molecule has 5 heteroatoms. The van der Waals surface area contributed by atoms with Crippen molar-refractivity contribution in [2.45, 2.75) is 19.9 Å². The van der Waals surface area contributed by atoms with E-state index in [1.165, 1.54) is 22.9 Å². The van der Waals surface area contributed by atoms with Gasteiger partial charge in [0.15, 0.2) is 0 Å². The number of carbonyl (C=O) groups is 1. The molecule has 82 valence electrons. The predicted octanol–water partition coefficient (Wildman–Crippen LogP) is 0.555. The van der Waals surface area contributed by atoms with E-state index in [1.54, 1.807) is 13.8 Å². The fourth-order valence-corrected chi connectivity index (χ4v) is 1.20. The Kier molecular flexibility index (Phi) is 3.49. The number of ether oxygens (including phenoxy) is 1. The average molecular weight is 210 g/mol. The van der Waals surface area contributed by atoms with E-state index in [0.717, 1.165) is 0 Å². The van der Waals surface area contributed by atoms with E-state index in [2.05, 4.69) is 0 Å². The topological polar surface area (TPSA) is 74.3 Å². The number of nitrogens with zero attached hydrogens (tertiary/aromatic N) is 1. The van der Waals surface area contributed by atoms with Crippen LogP contribution >= 0.6 is 0 Å². The summed E-state index contributed by atoms with van der Waals surface area (Å²) in [5.41, 5.74) is 5.69. The number of nitrogens with two attached hydrogens (primary N) is 1. The molecule has 1 rings (SSSR count). The summed E-state index contributed by atoms with van der Waals surface area (Å²) in [5.74, 6) is -0.440. The number of hydrogen-bond acceptors (Lipinski definition) is 4. The lowest BCUT2D eigenvalue weighted by molar-refractivity contribution is -0.146. The van der Waals surface area contributed by atoms with Crippen molar-refractivity contribution in [1.29, 1.82) is 0 Å². The standard InChI is InChI=1S/C10H14N2O3/c1-3-15-10(14)7(2)12-6-8(11)4-5-9(12)13/h4-7H,3,11H2,1-2H3. The monoisotopic (exact) mass is 210 g/mol. The Hall–Kier alpha value is -1.78. The van der Waals surface area contributed by atoms with Gasteiger partial charge in [-0.25, -0.2) is 4.79 Å². The van der Waals surface area contributed by atoms with Crippen molar-refractivity contribution in [3.8, 4) is 0 Å². The predicted molar refractivity (Wildman–Crippen MR) is 56.5 cm³/mol. The van der Waals surface area contributed by atoms with Crippen LogP contribution in [-0.2, 0) is 9.53 Å². The van der Waals surface area contributed by atoms with Crippen LogP contribution in [0.1, 0.15) is 19.9 Å². The fraction of sp³-hybridized carbons (Fsp3) is 0.400. The molecular weight excluding hydrogens is 196 g/mol. The maximum absolute atomic E-state index is 11.4. The van der Waals surface area contributed by atoms with Crippen molar-refractivity contribution < 1.29 is 9.53 Å². The zero-order valence-corrected chi connectivity index (χ0v) is 8.77. The Morgan fingerprint density at radius 2 is 2.27 bits per heavy atom. The van der Waals surface area contributed by atoms with Crippen LogP contribution in [0, 0.1) is 0 Å². The zero-order chi connectivity index (χ0) is 11.4. The molecule has 1 heterocycles. The summed E-state index contributed by atoms with van der Waals surface area (Å²) in [7, 11) is 0. The molecule has 1 aromatic heterocycles. The summed E-state index contributed by atoms with van der Waals surface area (Å²) in [6.45, 7) is 3.60. The Balaban J connectivity index is 3.00. The summed E-state index contributed by atoms with van der Waals surface area (Å²) in [6.07, 6.45) is 1.43. The van der Waals surface area contributed by atoms with Crippen LogP contribution in [-0.4, -0.2) is 17.1 Å². The van der Waals surface area contributed by atoms with Crippen molar-refractivity contribution in [3.05, 3.63) is 28.7 Å². The van der Waals surface area contributed by atoms with E-state index in [0.29, 0.717) is 12.3 Å². The molecule has 0 amide bonds. The largest absolute Gasteiger partial charge is 0.464 e. The molecule has 0 saturated heterocycles. The van der Waals surface area contributed by atoms with Crippen molar-refractivity contribution in [2.75, 3.05) is 12.3 Å². The molecule has 0 spiro atoms. The molecule has 1 aromatic rings. The molecule has 0 fully saturated rings. The molecule has 2 N–H and O–H groups in total. The van der Waals surface area contributed by atoms with Gasteiger partial charge in [-0.1, -0.05) is 0 Å². The normalized spacial score (nSPS) is 12.1. The minimum absolute atomic E-state index is 0.273. The smallest absolute Gasteiger partial charge is 0.328 e. The number of hydrogen-bond donors (Lipinski definition) is 1. The van der Waals surface area contributed by atoms with Gasteiger partial charge in [0, 0.05) is 18.0 Å². The summed E-state index contributed by atoms with van der Waals surface area (Å²) < 4.78 is 6.07. The third-order valence-electron chi connectivity index (χ3n) is 2.01. The van der Waals surface area contributed by atoms with E-state index >= 15 is 0 Å². The third-order valence-corrected chi connectivity index (χ3v) is 2.01. The zero-order valence-electron chi connectivity index (χ0n) is 8.77. The highest BCUT2D eigenvalue weighted by atomic mass is 16.5. The molecule has 1 atom stereocenters. The molecule has 0 aliphatic carbocycles. The van der Waals surface area contributed by atoms with Gasteiger partial charge in [-0.2, -0.15) is 0 Å². The summed E-state index contributed by atoms with van der Waals surface area (Å²) in [4.78, 5) is 22.8. The highest BCUT2D eigenvalue weighted by Crippen LogP contribution is 2.07. The Labute approximate surface area is 87.5 Å². The van der Waals surface area contributed by atoms with Gasteiger partial charge in [0.2, 0.25) is 0 Å². The van der Waals surface area contributed by atoms with Crippen molar-refractivity contribution in [3.63, 3.8) is 0 Å². The van der Waals surface area contributed by atoms with E-state index in [9.17, 15) is 9.59 Å². The SMILES string of the molecule is CCOC(=O)C(C)n1cc(N)ccc1=O. The van der Waals surface area contributed by atoms with Crippen LogP contribution in [0.2, 0.25) is 0 Å². The quantitative estimate of drug-likeness (QED) is 0.739. The van der Waals surface area contributed by atoms with Crippen molar-refractivity contribution in [1.82, 2.24) is 4.57 Å². The summed E-state index contributed by atoms with van der Waals surface area (Å²) in [5, 5.41) is 0. The van der Waals surface area contributed by atoms with Gasteiger partial charge in [0.1, 0.15) is 6.04 Å². The molecule has 0 bridgehead atoms. The lowest BCUT2D eigenvalue weighted by Crippen LogP contribution is -2.28. The Morgan fingerprint density at radius 1 is 1.60 bits per heavy atom. The van der Waals surface area contributed by atoms with E-state index < -0.39 is 12.0 Å². The fourth-order valence-electron chi connectivity index (χ4n) is 1.20. The maximum Gasteiger partial charge on any atom is 0.328 e.